The number of rotatable bonds is 4. The zero-order valence-electron chi connectivity index (χ0n) is 18.9. The molecule has 1 aliphatic carbocycles. The first kappa shape index (κ1) is 23.6. The highest BCUT2D eigenvalue weighted by Crippen LogP contribution is 2.40. The molecule has 1 aromatic heterocycles. The summed E-state index contributed by atoms with van der Waals surface area (Å²) in [6.07, 6.45) is -2.64. The van der Waals surface area contributed by atoms with E-state index >= 15 is 0 Å². The fourth-order valence-corrected chi connectivity index (χ4v) is 5.91. The predicted octanol–water partition coefficient (Wildman–Crippen LogP) is 4.93. The lowest BCUT2D eigenvalue weighted by atomic mass is 9.91. The molecule has 182 valence electrons. The van der Waals surface area contributed by atoms with Crippen molar-refractivity contribution in [3.63, 3.8) is 0 Å². The van der Waals surface area contributed by atoms with Gasteiger partial charge in [0.05, 0.1) is 22.7 Å². The van der Waals surface area contributed by atoms with Crippen LogP contribution in [0.5, 0.6) is 0 Å². The van der Waals surface area contributed by atoms with E-state index in [4.69, 9.17) is 0 Å². The number of para-hydroxylation sites is 1. The number of carbonyl (C=O) groups excluding carboxylic acids is 2. The van der Waals surface area contributed by atoms with Crippen LogP contribution in [-0.4, -0.2) is 54.3 Å². The van der Waals surface area contributed by atoms with E-state index in [-0.39, 0.29) is 18.1 Å². The van der Waals surface area contributed by atoms with Gasteiger partial charge in [-0.3, -0.25) is 14.5 Å². The van der Waals surface area contributed by atoms with Crippen molar-refractivity contribution in [3.8, 4) is 10.4 Å². The lowest BCUT2D eigenvalue weighted by molar-refractivity contribution is -0.137. The van der Waals surface area contributed by atoms with Crippen molar-refractivity contribution in [2.45, 2.75) is 19.0 Å². The third-order valence-corrected chi connectivity index (χ3v) is 7.68. The van der Waals surface area contributed by atoms with Crippen LogP contribution in [0.15, 0.2) is 54.6 Å². The number of alkyl halides is 3. The molecular formula is C26H24F3N3O2S. The Labute approximate surface area is 205 Å². The first-order chi connectivity index (χ1) is 16.8. The van der Waals surface area contributed by atoms with Crippen LogP contribution >= 0.6 is 11.3 Å². The summed E-state index contributed by atoms with van der Waals surface area (Å²) in [5.41, 5.74) is 2.62. The van der Waals surface area contributed by atoms with Gasteiger partial charge in [0.1, 0.15) is 0 Å². The minimum atomic E-state index is -4.54. The number of carbonyl (C=O) groups is 2. The van der Waals surface area contributed by atoms with Crippen LogP contribution in [0.2, 0.25) is 0 Å². The number of hydrogen-bond acceptors (Lipinski definition) is 4. The maximum absolute atomic E-state index is 13.2. The fourth-order valence-electron chi connectivity index (χ4n) is 4.67. The third kappa shape index (κ3) is 4.97. The summed E-state index contributed by atoms with van der Waals surface area (Å²) in [4.78, 5) is 31.1. The maximum atomic E-state index is 13.2. The van der Waals surface area contributed by atoms with Gasteiger partial charge in [-0.1, -0.05) is 36.4 Å². The molecule has 2 aliphatic rings. The Kier molecular flexibility index (Phi) is 6.37. The normalized spacial score (nSPS) is 15.9. The van der Waals surface area contributed by atoms with E-state index in [1.54, 1.807) is 4.90 Å². The monoisotopic (exact) mass is 499 g/mol. The number of anilines is 1. The van der Waals surface area contributed by atoms with E-state index in [9.17, 15) is 22.8 Å². The second-order valence-electron chi connectivity index (χ2n) is 8.78. The Balaban J connectivity index is 1.18. The van der Waals surface area contributed by atoms with E-state index in [2.05, 4.69) is 17.4 Å². The molecule has 2 amide bonds. The molecule has 0 unspecified atom stereocenters. The standard InChI is InChI=1S/C26H24F3N3O2S/c27-26(28,29)20-7-3-4-8-21(20)30-23(33)16-31-11-13-32(14-12-31)25(34)22-15-18-10-9-17-5-1-2-6-19(17)24(18)35-22/h1-8,15H,9-14,16H2,(H,30,33). The first-order valence-corrected chi connectivity index (χ1v) is 12.3. The van der Waals surface area contributed by atoms with E-state index < -0.39 is 17.6 Å². The predicted molar refractivity (Wildman–Crippen MR) is 130 cm³/mol. The molecular weight excluding hydrogens is 475 g/mol. The largest absolute Gasteiger partial charge is 0.418 e. The zero-order chi connectivity index (χ0) is 24.6. The summed E-state index contributed by atoms with van der Waals surface area (Å²) >= 11 is 1.53. The van der Waals surface area contributed by atoms with E-state index in [1.807, 2.05) is 23.1 Å². The van der Waals surface area contributed by atoms with Gasteiger partial charge in [0, 0.05) is 31.1 Å². The van der Waals surface area contributed by atoms with E-state index in [0.717, 1.165) is 23.8 Å². The molecule has 0 bridgehead atoms. The molecule has 9 heteroatoms. The van der Waals surface area contributed by atoms with Gasteiger partial charge < -0.3 is 10.2 Å². The van der Waals surface area contributed by atoms with Gasteiger partial charge in [0.25, 0.3) is 5.91 Å². The summed E-state index contributed by atoms with van der Waals surface area (Å²) in [7, 11) is 0. The van der Waals surface area contributed by atoms with Crippen molar-refractivity contribution in [3.05, 3.63) is 76.2 Å². The van der Waals surface area contributed by atoms with E-state index in [1.165, 1.54) is 51.1 Å². The van der Waals surface area contributed by atoms with Gasteiger partial charge >= 0.3 is 6.18 Å². The van der Waals surface area contributed by atoms with Gasteiger partial charge in [0.2, 0.25) is 5.91 Å². The number of halogens is 3. The quantitative estimate of drug-likeness (QED) is 0.554. The summed E-state index contributed by atoms with van der Waals surface area (Å²) < 4.78 is 39.5. The molecule has 0 radical (unpaired) electrons. The number of thiophene rings is 1. The topological polar surface area (TPSA) is 52.7 Å². The molecule has 2 heterocycles. The number of fused-ring (bicyclic) bond motifs is 3. The van der Waals surface area contributed by atoms with Crippen molar-refractivity contribution < 1.29 is 22.8 Å². The molecule has 0 saturated carbocycles. The molecule has 3 aromatic rings. The maximum Gasteiger partial charge on any atom is 0.418 e. The van der Waals surface area contributed by atoms with Crippen molar-refractivity contribution >= 4 is 28.8 Å². The Morgan fingerprint density at radius 1 is 0.914 bits per heavy atom. The summed E-state index contributed by atoms with van der Waals surface area (Å²) in [5, 5.41) is 2.38. The second kappa shape index (κ2) is 9.47. The Bertz CT molecular complexity index is 1260. The number of benzene rings is 2. The number of nitrogens with zero attached hydrogens (tertiary/aromatic N) is 2. The molecule has 5 nitrogen and oxygen atoms in total. The van der Waals surface area contributed by atoms with Crippen LogP contribution in [0.4, 0.5) is 18.9 Å². The van der Waals surface area contributed by atoms with Crippen LogP contribution in [0.1, 0.15) is 26.4 Å². The SMILES string of the molecule is O=C(CN1CCN(C(=O)c2cc3c(s2)-c2ccccc2CC3)CC1)Nc1ccccc1C(F)(F)F. The van der Waals surface area contributed by atoms with Gasteiger partial charge in [-0.2, -0.15) is 13.2 Å². The van der Waals surface area contributed by atoms with Crippen molar-refractivity contribution in [1.29, 1.82) is 0 Å². The molecule has 0 atom stereocenters. The number of hydrogen-bond donors (Lipinski definition) is 1. The molecule has 1 aliphatic heterocycles. The van der Waals surface area contributed by atoms with Crippen LogP contribution < -0.4 is 5.32 Å². The molecule has 35 heavy (non-hydrogen) atoms. The lowest BCUT2D eigenvalue weighted by Crippen LogP contribution is -2.50. The Morgan fingerprint density at radius 2 is 1.60 bits per heavy atom. The van der Waals surface area contributed by atoms with Crippen molar-refractivity contribution in [2.75, 3.05) is 38.0 Å². The average Bonchev–Trinajstić information content (AvgIpc) is 3.29. The summed E-state index contributed by atoms with van der Waals surface area (Å²) in [6, 6.07) is 15.2. The molecule has 1 N–H and O–H groups in total. The van der Waals surface area contributed by atoms with Crippen LogP contribution in [0.3, 0.4) is 0 Å². The second-order valence-corrected chi connectivity index (χ2v) is 9.83. The van der Waals surface area contributed by atoms with Gasteiger partial charge in [-0.15, -0.1) is 11.3 Å². The highest BCUT2D eigenvalue weighted by Gasteiger charge is 2.34. The number of piperazine rings is 1. The molecule has 5 rings (SSSR count). The molecule has 0 spiro atoms. The third-order valence-electron chi connectivity index (χ3n) is 6.48. The summed E-state index contributed by atoms with van der Waals surface area (Å²) in [5.74, 6) is -0.517. The average molecular weight is 500 g/mol. The minimum Gasteiger partial charge on any atom is -0.335 e. The van der Waals surface area contributed by atoms with E-state index in [0.29, 0.717) is 26.2 Å². The van der Waals surface area contributed by atoms with Crippen molar-refractivity contribution in [2.24, 2.45) is 0 Å². The first-order valence-electron chi connectivity index (χ1n) is 11.5. The number of nitrogens with one attached hydrogen (secondary N) is 1. The van der Waals surface area contributed by atoms with Gasteiger partial charge in [-0.05, 0) is 47.7 Å². The van der Waals surface area contributed by atoms with Crippen LogP contribution in [0.25, 0.3) is 10.4 Å². The molecule has 1 fully saturated rings. The van der Waals surface area contributed by atoms with Gasteiger partial charge in [0.15, 0.2) is 0 Å². The lowest BCUT2D eigenvalue weighted by Gasteiger charge is -2.34. The fraction of sp³-hybridized carbons (Fsp3) is 0.308. The Morgan fingerprint density at radius 3 is 2.37 bits per heavy atom. The number of amides is 2. The molecule has 2 aromatic carbocycles. The zero-order valence-corrected chi connectivity index (χ0v) is 19.7. The number of aryl methyl sites for hydroxylation is 2. The Hall–Kier alpha value is -3.17. The smallest absolute Gasteiger partial charge is 0.335 e. The van der Waals surface area contributed by atoms with Gasteiger partial charge in [-0.25, -0.2) is 0 Å². The van der Waals surface area contributed by atoms with Crippen LogP contribution in [0, 0.1) is 0 Å². The van der Waals surface area contributed by atoms with Crippen molar-refractivity contribution in [1.82, 2.24) is 9.80 Å². The highest BCUT2D eigenvalue weighted by atomic mass is 32.1. The van der Waals surface area contributed by atoms with Crippen LogP contribution in [-0.2, 0) is 23.8 Å². The summed E-state index contributed by atoms with van der Waals surface area (Å²) in [6.45, 7) is 1.86. The minimum absolute atomic E-state index is 0.00918. The highest BCUT2D eigenvalue weighted by molar-refractivity contribution is 7.17. The molecule has 1 saturated heterocycles.